The van der Waals surface area contributed by atoms with Gasteiger partial charge in [-0.1, -0.05) is 0 Å². The molecule has 32 heavy (non-hydrogen) atoms. The molecule has 2 fully saturated rings. The zero-order chi connectivity index (χ0) is 23.5. The molecule has 8 nitrogen and oxygen atoms in total. The molecule has 13 heteroatoms. The Bertz CT molecular complexity index is 1060. The Kier molecular flexibility index (Phi) is 5.89. The Hall–Kier alpha value is -1.61. The third-order valence-electron chi connectivity index (χ3n) is 6.19. The summed E-state index contributed by atoms with van der Waals surface area (Å²) in [4.78, 5) is 24.9. The fourth-order valence-corrected chi connectivity index (χ4v) is 5.57. The van der Waals surface area contributed by atoms with Crippen molar-refractivity contribution in [1.82, 2.24) is 0 Å². The SMILES string of the molecule is O=C1OC2(CC3CC2CC3C(=O)OCCC(F)C(F)(F)S(=O)(=O)[O-])Oc2ccc(I)cc21. The first kappa shape index (κ1) is 23.5. The summed E-state index contributed by atoms with van der Waals surface area (Å²) in [7, 11) is -6.17. The second-order valence-corrected chi connectivity index (χ2v) is 10.8. The molecule has 1 heterocycles. The van der Waals surface area contributed by atoms with Gasteiger partial charge in [-0.15, -0.1) is 0 Å². The number of carbonyl (C=O) groups excluding carboxylic acids is 2. The molecule has 4 rings (SSSR count). The van der Waals surface area contributed by atoms with Crippen molar-refractivity contribution in [3.05, 3.63) is 27.3 Å². The van der Waals surface area contributed by atoms with E-state index in [1.54, 1.807) is 18.2 Å². The normalized spacial score (nSPS) is 29.9. The van der Waals surface area contributed by atoms with Gasteiger partial charge in [0.15, 0.2) is 16.3 Å². The summed E-state index contributed by atoms with van der Waals surface area (Å²) in [6, 6.07) is 5.12. The first-order valence-corrected chi connectivity index (χ1v) is 12.2. The lowest BCUT2D eigenvalue weighted by atomic mass is 9.84. The monoisotopic (exact) mass is 589 g/mol. The molecule has 176 valence electrons. The first-order chi connectivity index (χ1) is 14.8. The van der Waals surface area contributed by atoms with Gasteiger partial charge in [0.2, 0.25) is 0 Å². The second kappa shape index (κ2) is 8.01. The highest BCUT2D eigenvalue weighted by atomic mass is 127. The smallest absolute Gasteiger partial charge is 0.364 e. The van der Waals surface area contributed by atoms with E-state index in [4.69, 9.17) is 14.2 Å². The lowest BCUT2D eigenvalue weighted by Crippen LogP contribution is -2.50. The van der Waals surface area contributed by atoms with Crippen LogP contribution in [-0.4, -0.2) is 48.7 Å². The summed E-state index contributed by atoms with van der Waals surface area (Å²) < 4.78 is 88.5. The number of carbonyl (C=O) groups is 2. The molecular formula is C19H17F3IO8S-. The third kappa shape index (κ3) is 3.95. The van der Waals surface area contributed by atoms with Gasteiger partial charge in [-0.3, -0.25) is 4.79 Å². The molecule has 0 saturated heterocycles. The molecule has 5 atom stereocenters. The van der Waals surface area contributed by atoms with Crippen molar-refractivity contribution in [3.8, 4) is 5.75 Å². The van der Waals surface area contributed by atoms with Crippen molar-refractivity contribution in [3.63, 3.8) is 0 Å². The predicted octanol–water partition coefficient (Wildman–Crippen LogP) is 2.99. The van der Waals surface area contributed by atoms with Gasteiger partial charge < -0.3 is 18.8 Å². The van der Waals surface area contributed by atoms with Crippen LogP contribution in [0.2, 0.25) is 0 Å². The van der Waals surface area contributed by atoms with Gasteiger partial charge in [0.1, 0.15) is 11.3 Å². The number of benzene rings is 1. The molecule has 3 aliphatic rings. The number of fused-ring (bicyclic) bond motifs is 4. The average molecular weight is 589 g/mol. The molecule has 0 aromatic heterocycles. The topological polar surface area (TPSA) is 119 Å². The first-order valence-electron chi connectivity index (χ1n) is 9.70. The molecule has 2 aliphatic carbocycles. The van der Waals surface area contributed by atoms with Crippen LogP contribution in [0.1, 0.15) is 36.0 Å². The van der Waals surface area contributed by atoms with Crippen LogP contribution in [0.25, 0.3) is 0 Å². The molecule has 0 radical (unpaired) electrons. The van der Waals surface area contributed by atoms with Gasteiger partial charge in [-0.2, -0.15) is 8.78 Å². The number of esters is 2. The molecule has 5 unspecified atom stereocenters. The molecule has 1 aromatic rings. The molecule has 1 aliphatic heterocycles. The summed E-state index contributed by atoms with van der Waals surface area (Å²) >= 11 is 2.06. The zero-order valence-electron chi connectivity index (χ0n) is 16.3. The highest BCUT2D eigenvalue weighted by Gasteiger charge is 2.63. The van der Waals surface area contributed by atoms with Crippen LogP contribution in [0.5, 0.6) is 5.75 Å². The van der Waals surface area contributed by atoms with E-state index in [1.165, 1.54) is 0 Å². The summed E-state index contributed by atoms with van der Waals surface area (Å²) in [6.07, 6.45) is -3.40. The maximum Gasteiger partial charge on any atom is 0.364 e. The van der Waals surface area contributed by atoms with Crippen LogP contribution in [0.15, 0.2) is 18.2 Å². The van der Waals surface area contributed by atoms with E-state index in [1.807, 2.05) is 0 Å². The highest BCUT2D eigenvalue weighted by molar-refractivity contribution is 14.1. The molecular weight excluding hydrogens is 572 g/mol. The maximum atomic E-state index is 13.5. The Labute approximate surface area is 194 Å². The largest absolute Gasteiger partial charge is 0.743 e. The van der Waals surface area contributed by atoms with Crippen LogP contribution in [-0.2, 0) is 24.4 Å². The van der Waals surface area contributed by atoms with Gasteiger partial charge in [-0.25, -0.2) is 17.6 Å². The Morgan fingerprint density at radius 2 is 2.06 bits per heavy atom. The lowest BCUT2D eigenvalue weighted by molar-refractivity contribution is -0.193. The van der Waals surface area contributed by atoms with Gasteiger partial charge in [0.25, 0.3) is 5.79 Å². The highest BCUT2D eigenvalue weighted by Crippen LogP contribution is 2.57. The van der Waals surface area contributed by atoms with Crippen LogP contribution in [0.4, 0.5) is 13.2 Å². The van der Waals surface area contributed by atoms with Crippen molar-refractivity contribution in [2.75, 3.05) is 6.61 Å². The van der Waals surface area contributed by atoms with Gasteiger partial charge in [0.05, 0.1) is 12.5 Å². The van der Waals surface area contributed by atoms with Crippen molar-refractivity contribution in [1.29, 1.82) is 0 Å². The average Bonchev–Trinajstić information content (AvgIpc) is 3.25. The van der Waals surface area contributed by atoms with Crippen molar-refractivity contribution in [2.24, 2.45) is 17.8 Å². The van der Waals surface area contributed by atoms with E-state index in [-0.39, 0.29) is 24.7 Å². The fourth-order valence-electron chi connectivity index (χ4n) is 4.64. The summed E-state index contributed by atoms with van der Waals surface area (Å²) in [5, 5.41) is -5.10. The number of ether oxygens (including phenoxy) is 3. The van der Waals surface area contributed by atoms with Crippen LogP contribution in [0.3, 0.4) is 0 Å². The van der Waals surface area contributed by atoms with E-state index >= 15 is 0 Å². The molecule has 2 saturated carbocycles. The van der Waals surface area contributed by atoms with E-state index in [0.717, 1.165) is 3.57 Å². The van der Waals surface area contributed by atoms with E-state index in [9.17, 15) is 35.7 Å². The molecule has 0 N–H and O–H groups in total. The summed E-state index contributed by atoms with van der Waals surface area (Å²) in [6.45, 7) is -0.804. The van der Waals surface area contributed by atoms with Crippen LogP contribution < -0.4 is 4.74 Å². The van der Waals surface area contributed by atoms with E-state index in [0.29, 0.717) is 17.7 Å². The number of hydrogen-bond acceptors (Lipinski definition) is 8. The second-order valence-electron chi connectivity index (χ2n) is 8.12. The van der Waals surface area contributed by atoms with Gasteiger partial charge in [0, 0.05) is 22.3 Å². The fraction of sp³-hybridized carbons (Fsp3) is 0.579. The number of hydrogen-bond donors (Lipinski definition) is 0. The Morgan fingerprint density at radius 1 is 1.34 bits per heavy atom. The summed E-state index contributed by atoms with van der Waals surface area (Å²) in [5.41, 5.74) is 0.318. The minimum absolute atomic E-state index is 0.243. The zero-order valence-corrected chi connectivity index (χ0v) is 19.2. The molecule has 2 bridgehead atoms. The van der Waals surface area contributed by atoms with Gasteiger partial charge >= 0.3 is 17.2 Å². The number of halogens is 4. The van der Waals surface area contributed by atoms with E-state index in [2.05, 4.69) is 22.6 Å². The van der Waals surface area contributed by atoms with Gasteiger partial charge in [-0.05, 0) is 59.5 Å². The Balaban J connectivity index is 1.35. The van der Waals surface area contributed by atoms with Crippen molar-refractivity contribution in [2.45, 2.75) is 42.9 Å². The van der Waals surface area contributed by atoms with Crippen molar-refractivity contribution >= 4 is 44.6 Å². The molecule has 1 aromatic carbocycles. The van der Waals surface area contributed by atoms with E-state index < -0.39 is 58.2 Å². The summed E-state index contributed by atoms with van der Waals surface area (Å²) in [5.74, 6) is -3.21. The quantitative estimate of drug-likeness (QED) is 0.283. The van der Waals surface area contributed by atoms with Crippen molar-refractivity contribution < 1.29 is 49.9 Å². The lowest BCUT2D eigenvalue weighted by Gasteiger charge is -2.41. The predicted molar refractivity (Wildman–Crippen MR) is 107 cm³/mol. The number of alkyl halides is 3. The Morgan fingerprint density at radius 3 is 2.69 bits per heavy atom. The molecule has 0 amide bonds. The third-order valence-corrected chi connectivity index (χ3v) is 7.78. The number of rotatable bonds is 6. The van der Waals surface area contributed by atoms with Crippen LogP contribution in [0, 0.1) is 21.3 Å². The minimum Gasteiger partial charge on any atom is -0.743 e. The van der Waals surface area contributed by atoms with Crippen LogP contribution >= 0.6 is 22.6 Å². The maximum absolute atomic E-state index is 13.5. The standard InChI is InChI=1S/C19H18F3IO8S/c20-15(19(21,22)32(26,27)28)3-4-29-16(24)12-6-10-5-9(12)8-18(10)30-14-2-1-11(23)7-13(14)17(25)31-18/h1-2,7,9-10,12,15H,3-6,8H2,(H,26,27,28)/p-1. The minimum atomic E-state index is -6.17. The molecule has 1 spiro atoms.